The third kappa shape index (κ3) is 3.83. The molecule has 142 valence electrons. The Labute approximate surface area is 170 Å². The van der Waals surface area contributed by atoms with Crippen LogP contribution in [0.3, 0.4) is 0 Å². The van der Waals surface area contributed by atoms with Crippen LogP contribution in [0.25, 0.3) is 22.3 Å². The van der Waals surface area contributed by atoms with E-state index in [-0.39, 0.29) is 11.3 Å². The van der Waals surface area contributed by atoms with E-state index < -0.39 is 0 Å². The lowest BCUT2D eigenvalue weighted by molar-refractivity contribution is -0.128. The summed E-state index contributed by atoms with van der Waals surface area (Å²) in [7, 11) is 0. The Morgan fingerprint density at radius 3 is 2.39 bits per heavy atom. The van der Waals surface area contributed by atoms with Gasteiger partial charge in [0.1, 0.15) is 5.37 Å². The number of aromatic nitrogens is 1. The Morgan fingerprint density at radius 1 is 1.00 bits per heavy atom. The van der Waals surface area contributed by atoms with E-state index in [1.807, 2.05) is 23.4 Å². The van der Waals surface area contributed by atoms with Crippen LogP contribution in [-0.2, 0) is 4.79 Å². The summed E-state index contributed by atoms with van der Waals surface area (Å²) in [6, 6.07) is 21.1. The van der Waals surface area contributed by atoms with Crippen molar-refractivity contribution in [2.45, 2.75) is 19.2 Å². The molecule has 2 heterocycles. The largest absolute Gasteiger partial charge is 0.325 e. The Hall–Kier alpha value is -2.59. The van der Waals surface area contributed by atoms with Crippen LogP contribution in [0.1, 0.15) is 24.8 Å². The predicted octanol–water partition coefficient (Wildman–Crippen LogP) is 5.65. The first kappa shape index (κ1) is 18.8. The molecule has 1 unspecified atom stereocenters. The third-order valence-electron chi connectivity index (χ3n) is 4.95. The lowest BCUT2D eigenvalue weighted by Gasteiger charge is -2.27. The number of carbonyl (C=O) groups is 1. The molecule has 0 N–H and O–H groups in total. The predicted molar refractivity (Wildman–Crippen MR) is 117 cm³/mol. The number of pyridine rings is 1. The first-order valence-corrected chi connectivity index (χ1v) is 10.7. The van der Waals surface area contributed by atoms with Gasteiger partial charge in [0.2, 0.25) is 5.91 Å². The Morgan fingerprint density at radius 2 is 1.68 bits per heavy atom. The number of benzene rings is 2. The minimum absolute atomic E-state index is 0.0346. The van der Waals surface area contributed by atoms with E-state index in [2.05, 4.69) is 73.4 Å². The Kier molecular flexibility index (Phi) is 5.49. The maximum atomic E-state index is 12.4. The molecule has 1 saturated heterocycles. The highest BCUT2D eigenvalue weighted by molar-refractivity contribution is 8.00. The van der Waals surface area contributed by atoms with Gasteiger partial charge < -0.3 is 4.90 Å². The summed E-state index contributed by atoms with van der Waals surface area (Å²) in [6.07, 6.45) is 3.75. The fourth-order valence-electron chi connectivity index (χ4n) is 3.64. The van der Waals surface area contributed by atoms with Gasteiger partial charge in [0.25, 0.3) is 0 Å². The number of hydrogen-bond donors (Lipinski definition) is 0. The van der Waals surface area contributed by atoms with E-state index >= 15 is 0 Å². The molecule has 1 atom stereocenters. The van der Waals surface area contributed by atoms with Crippen LogP contribution in [-0.4, -0.2) is 28.1 Å². The number of nitrogens with zero attached hydrogens (tertiary/aromatic N) is 2. The number of amides is 1. The molecule has 1 fully saturated rings. The van der Waals surface area contributed by atoms with E-state index in [9.17, 15) is 4.79 Å². The molecule has 3 aromatic rings. The van der Waals surface area contributed by atoms with Gasteiger partial charge in [-0.05, 0) is 34.2 Å². The highest BCUT2D eigenvalue weighted by Crippen LogP contribution is 2.42. The van der Waals surface area contributed by atoms with E-state index in [0.29, 0.717) is 11.7 Å². The van der Waals surface area contributed by atoms with Crippen molar-refractivity contribution in [3.8, 4) is 22.3 Å². The van der Waals surface area contributed by atoms with Crippen molar-refractivity contribution >= 4 is 17.7 Å². The maximum absolute atomic E-state index is 12.4. The lowest BCUT2D eigenvalue weighted by atomic mass is 9.98. The van der Waals surface area contributed by atoms with Crippen LogP contribution >= 0.6 is 11.8 Å². The summed E-state index contributed by atoms with van der Waals surface area (Å²) in [6.45, 7) is 5.08. The highest BCUT2D eigenvalue weighted by atomic mass is 32.2. The van der Waals surface area contributed by atoms with E-state index in [1.165, 1.54) is 11.1 Å². The zero-order valence-electron chi connectivity index (χ0n) is 16.2. The van der Waals surface area contributed by atoms with Crippen molar-refractivity contribution in [1.29, 1.82) is 0 Å². The topological polar surface area (TPSA) is 33.2 Å². The lowest BCUT2D eigenvalue weighted by Crippen LogP contribution is -2.31. The fourth-order valence-corrected chi connectivity index (χ4v) is 4.86. The Balaban J connectivity index is 1.67. The summed E-state index contributed by atoms with van der Waals surface area (Å²) in [5.41, 5.74) is 5.83. The van der Waals surface area contributed by atoms with E-state index in [4.69, 9.17) is 0 Å². The second-order valence-electron chi connectivity index (χ2n) is 7.51. The number of thioether (sulfide) groups is 1. The SMILES string of the molecule is CC(C)CN1C(=O)CSC1c1cnccc1-c1ccc(-c2ccccc2)cc1. The van der Waals surface area contributed by atoms with Crippen LogP contribution in [0.2, 0.25) is 0 Å². The average molecular weight is 389 g/mol. The monoisotopic (exact) mass is 388 g/mol. The molecule has 0 spiro atoms. The van der Waals surface area contributed by atoms with Gasteiger partial charge in [0.05, 0.1) is 5.75 Å². The van der Waals surface area contributed by atoms with Crippen molar-refractivity contribution in [1.82, 2.24) is 9.88 Å². The standard InChI is InChI=1S/C24H24N2OS/c1-17(2)15-26-23(27)16-28-24(26)22-14-25-13-12-21(22)20-10-8-19(9-11-20)18-6-4-3-5-7-18/h3-14,17,24H,15-16H2,1-2H3. The summed E-state index contributed by atoms with van der Waals surface area (Å²) in [4.78, 5) is 18.8. The molecule has 1 amide bonds. The van der Waals surface area contributed by atoms with Gasteiger partial charge in [-0.25, -0.2) is 0 Å². The van der Waals surface area contributed by atoms with Gasteiger partial charge in [0.15, 0.2) is 0 Å². The summed E-state index contributed by atoms with van der Waals surface area (Å²) < 4.78 is 0. The molecule has 1 aliphatic heterocycles. The molecule has 0 bridgehead atoms. The smallest absolute Gasteiger partial charge is 0.233 e. The maximum Gasteiger partial charge on any atom is 0.233 e. The Bertz CT molecular complexity index is 954. The van der Waals surface area contributed by atoms with Gasteiger partial charge in [-0.2, -0.15) is 0 Å². The normalized spacial score (nSPS) is 16.8. The minimum atomic E-state index is 0.0346. The molecule has 1 aliphatic rings. The summed E-state index contributed by atoms with van der Waals surface area (Å²) in [5, 5.41) is 0.0346. The van der Waals surface area contributed by atoms with Crippen LogP contribution in [0.15, 0.2) is 73.1 Å². The highest BCUT2D eigenvalue weighted by Gasteiger charge is 2.34. The van der Waals surface area contributed by atoms with Gasteiger partial charge in [-0.1, -0.05) is 68.4 Å². The first-order chi connectivity index (χ1) is 13.6. The summed E-state index contributed by atoms with van der Waals surface area (Å²) in [5.74, 6) is 1.20. The molecule has 0 radical (unpaired) electrons. The van der Waals surface area contributed by atoms with Crippen molar-refractivity contribution in [3.05, 3.63) is 78.6 Å². The molecular formula is C24H24N2OS. The van der Waals surface area contributed by atoms with E-state index in [0.717, 1.165) is 23.2 Å². The minimum Gasteiger partial charge on any atom is -0.325 e. The molecule has 0 saturated carbocycles. The first-order valence-electron chi connectivity index (χ1n) is 9.64. The van der Waals surface area contributed by atoms with E-state index in [1.54, 1.807) is 11.8 Å². The number of rotatable bonds is 5. The van der Waals surface area contributed by atoms with Crippen LogP contribution in [0.5, 0.6) is 0 Å². The van der Waals surface area contributed by atoms with Crippen molar-refractivity contribution in [2.75, 3.05) is 12.3 Å². The molecule has 2 aromatic carbocycles. The van der Waals surface area contributed by atoms with Crippen LogP contribution < -0.4 is 0 Å². The molecule has 4 heteroatoms. The van der Waals surface area contributed by atoms with Gasteiger partial charge in [-0.15, -0.1) is 11.8 Å². The second-order valence-corrected chi connectivity index (χ2v) is 8.58. The van der Waals surface area contributed by atoms with Gasteiger partial charge in [-0.3, -0.25) is 9.78 Å². The molecule has 4 rings (SSSR count). The van der Waals surface area contributed by atoms with Crippen LogP contribution in [0.4, 0.5) is 0 Å². The molecule has 28 heavy (non-hydrogen) atoms. The van der Waals surface area contributed by atoms with Crippen molar-refractivity contribution in [3.63, 3.8) is 0 Å². The third-order valence-corrected chi connectivity index (χ3v) is 6.19. The zero-order valence-corrected chi connectivity index (χ0v) is 17.0. The quantitative estimate of drug-likeness (QED) is 0.567. The van der Waals surface area contributed by atoms with Crippen LogP contribution in [0, 0.1) is 5.92 Å². The second kappa shape index (κ2) is 8.19. The van der Waals surface area contributed by atoms with Crippen molar-refractivity contribution < 1.29 is 4.79 Å². The number of carbonyl (C=O) groups excluding carboxylic acids is 1. The average Bonchev–Trinajstić information content (AvgIpc) is 3.08. The van der Waals surface area contributed by atoms with Crippen molar-refractivity contribution in [2.24, 2.45) is 5.92 Å². The van der Waals surface area contributed by atoms with Gasteiger partial charge in [0, 0.05) is 24.5 Å². The molecule has 1 aromatic heterocycles. The fraction of sp³-hybridized carbons (Fsp3) is 0.250. The summed E-state index contributed by atoms with van der Waals surface area (Å²) >= 11 is 1.70. The number of hydrogen-bond acceptors (Lipinski definition) is 3. The molecular weight excluding hydrogens is 364 g/mol. The zero-order chi connectivity index (χ0) is 19.5. The molecule has 3 nitrogen and oxygen atoms in total. The van der Waals surface area contributed by atoms with Gasteiger partial charge >= 0.3 is 0 Å². The molecule has 0 aliphatic carbocycles.